The first kappa shape index (κ1) is 11.6. The van der Waals surface area contributed by atoms with E-state index in [0.717, 1.165) is 5.00 Å². The second-order valence-corrected chi connectivity index (χ2v) is 4.63. The van der Waals surface area contributed by atoms with Gasteiger partial charge in [-0.15, -0.1) is 11.3 Å². The molecule has 90 valence electrons. The Morgan fingerprint density at radius 2 is 1.53 bits per heavy atom. The average molecular weight is 250 g/mol. The maximum Gasteiger partial charge on any atom is 0.234 e. The van der Waals surface area contributed by atoms with Crippen molar-refractivity contribution < 1.29 is 0 Å². The molecule has 0 aliphatic heterocycles. The van der Waals surface area contributed by atoms with Gasteiger partial charge in [0, 0.05) is 19.0 Å². The highest BCUT2D eigenvalue weighted by atomic mass is 32.1. The summed E-state index contributed by atoms with van der Waals surface area (Å²) >= 11 is 1.66. The van der Waals surface area contributed by atoms with Gasteiger partial charge in [-0.1, -0.05) is 0 Å². The van der Waals surface area contributed by atoms with E-state index in [1.54, 1.807) is 25.4 Å². The lowest BCUT2D eigenvalue weighted by molar-refractivity contribution is 1.05. The topological polar surface area (TPSA) is 74.8 Å². The quantitative estimate of drug-likeness (QED) is 0.771. The van der Waals surface area contributed by atoms with Gasteiger partial charge in [-0.05, 0) is 19.1 Å². The summed E-state index contributed by atoms with van der Waals surface area (Å²) in [5, 5.41) is 9.95. The fraction of sp³-hybridized carbons (Fsp3) is 0.300. The van der Waals surface area contributed by atoms with Gasteiger partial charge < -0.3 is 16.0 Å². The van der Waals surface area contributed by atoms with Gasteiger partial charge in [-0.3, -0.25) is 0 Å². The molecule has 7 heteroatoms. The normalized spacial score (nSPS) is 10.1. The highest BCUT2D eigenvalue weighted by Crippen LogP contribution is 2.23. The van der Waals surface area contributed by atoms with Gasteiger partial charge in [0.05, 0.1) is 5.00 Å². The first-order chi connectivity index (χ1) is 8.21. The third kappa shape index (κ3) is 2.82. The summed E-state index contributed by atoms with van der Waals surface area (Å²) in [6.45, 7) is 2.06. The summed E-state index contributed by atoms with van der Waals surface area (Å²) in [6, 6.07) is 4.05. The Morgan fingerprint density at radius 1 is 0.941 bits per heavy atom. The molecule has 2 heterocycles. The summed E-state index contributed by atoms with van der Waals surface area (Å²) in [5.41, 5.74) is 0. The van der Waals surface area contributed by atoms with E-state index in [1.807, 2.05) is 12.1 Å². The minimum atomic E-state index is 0.524. The highest BCUT2D eigenvalue weighted by molar-refractivity contribution is 7.16. The maximum absolute atomic E-state index is 4.23. The van der Waals surface area contributed by atoms with Gasteiger partial charge in [0.25, 0.3) is 0 Å². The van der Waals surface area contributed by atoms with Crippen LogP contribution in [0.25, 0.3) is 0 Å². The predicted molar refractivity (Wildman–Crippen MR) is 71.3 cm³/mol. The van der Waals surface area contributed by atoms with E-state index in [-0.39, 0.29) is 0 Å². The van der Waals surface area contributed by atoms with Crippen molar-refractivity contribution in [3.05, 3.63) is 17.0 Å². The monoisotopic (exact) mass is 250 g/mol. The molecular weight excluding hydrogens is 236 g/mol. The van der Waals surface area contributed by atoms with E-state index in [4.69, 9.17) is 0 Å². The highest BCUT2D eigenvalue weighted by Gasteiger charge is 2.05. The van der Waals surface area contributed by atoms with Crippen molar-refractivity contribution in [1.29, 1.82) is 0 Å². The number of aromatic nitrogens is 3. The summed E-state index contributed by atoms with van der Waals surface area (Å²) < 4.78 is 0. The number of aryl methyl sites for hydroxylation is 1. The molecule has 0 aliphatic carbocycles. The smallest absolute Gasteiger partial charge is 0.234 e. The van der Waals surface area contributed by atoms with Gasteiger partial charge in [-0.2, -0.15) is 15.0 Å². The number of thiophene rings is 1. The Labute approximate surface area is 104 Å². The summed E-state index contributed by atoms with van der Waals surface area (Å²) in [7, 11) is 3.54. The van der Waals surface area contributed by atoms with Crippen molar-refractivity contribution in [2.45, 2.75) is 6.92 Å². The number of hydrogen-bond donors (Lipinski definition) is 3. The first-order valence-electron chi connectivity index (χ1n) is 5.16. The van der Waals surface area contributed by atoms with E-state index in [9.17, 15) is 0 Å². The van der Waals surface area contributed by atoms with Crippen LogP contribution in [-0.2, 0) is 0 Å². The summed E-state index contributed by atoms with van der Waals surface area (Å²) in [6.07, 6.45) is 0. The fourth-order valence-electron chi connectivity index (χ4n) is 1.27. The Balaban J connectivity index is 2.25. The SMILES string of the molecule is CNc1nc(NC)nc(Nc2ccc(C)s2)n1. The lowest BCUT2D eigenvalue weighted by atomic mass is 10.5. The molecule has 2 aromatic rings. The molecule has 0 saturated heterocycles. The number of nitrogens with zero attached hydrogens (tertiary/aromatic N) is 3. The van der Waals surface area contributed by atoms with E-state index >= 15 is 0 Å². The van der Waals surface area contributed by atoms with Crippen molar-refractivity contribution >= 4 is 34.2 Å². The van der Waals surface area contributed by atoms with Gasteiger partial charge >= 0.3 is 0 Å². The number of hydrogen-bond acceptors (Lipinski definition) is 7. The maximum atomic E-state index is 4.23. The Kier molecular flexibility index (Phi) is 3.38. The van der Waals surface area contributed by atoms with Gasteiger partial charge in [0.2, 0.25) is 17.8 Å². The standard InChI is InChI=1S/C10H14N6S/c1-6-4-5-7(17-6)13-10-15-8(11-2)14-9(12-3)16-10/h4-5H,1-3H3,(H3,11,12,13,14,15,16). The lowest BCUT2D eigenvalue weighted by Crippen LogP contribution is -2.06. The molecule has 0 fully saturated rings. The van der Waals surface area contributed by atoms with E-state index in [2.05, 4.69) is 37.8 Å². The molecule has 0 spiro atoms. The molecule has 0 aliphatic rings. The Hall–Kier alpha value is -1.89. The fourth-order valence-corrected chi connectivity index (χ4v) is 2.03. The van der Waals surface area contributed by atoms with Crippen LogP contribution < -0.4 is 16.0 Å². The molecule has 0 bridgehead atoms. The molecule has 0 aromatic carbocycles. The third-order valence-electron chi connectivity index (χ3n) is 2.06. The largest absolute Gasteiger partial charge is 0.357 e. The van der Waals surface area contributed by atoms with Crippen LogP contribution in [0.1, 0.15) is 4.88 Å². The van der Waals surface area contributed by atoms with E-state index in [1.165, 1.54) is 4.88 Å². The minimum absolute atomic E-state index is 0.524. The second-order valence-electron chi connectivity index (χ2n) is 3.34. The number of nitrogens with one attached hydrogen (secondary N) is 3. The van der Waals surface area contributed by atoms with E-state index in [0.29, 0.717) is 17.8 Å². The second kappa shape index (κ2) is 4.96. The summed E-state index contributed by atoms with van der Waals surface area (Å²) in [4.78, 5) is 13.8. The number of rotatable bonds is 4. The molecule has 0 unspecified atom stereocenters. The Bertz CT molecular complexity index is 487. The predicted octanol–water partition coefficient (Wildman–Crippen LogP) is 2.07. The van der Waals surface area contributed by atoms with Crippen molar-refractivity contribution in [1.82, 2.24) is 15.0 Å². The van der Waals surface area contributed by atoms with Crippen LogP contribution in [0.4, 0.5) is 22.8 Å². The molecule has 17 heavy (non-hydrogen) atoms. The molecule has 0 amide bonds. The molecule has 2 rings (SSSR count). The Morgan fingerprint density at radius 3 is 2.00 bits per heavy atom. The van der Waals surface area contributed by atoms with Crippen LogP contribution >= 0.6 is 11.3 Å². The van der Waals surface area contributed by atoms with Crippen LogP contribution in [0.5, 0.6) is 0 Å². The first-order valence-corrected chi connectivity index (χ1v) is 5.98. The van der Waals surface area contributed by atoms with Gasteiger partial charge in [0.15, 0.2) is 0 Å². The summed E-state index contributed by atoms with van der Waals surface area (Å²) in [5.74, 6) is 1.58. The third-order valence-corrected chi connectivity index (χ3v) is 2.97. The lowest BCUT2D eigenvalue weighted by Gasteiger charge is -2.06. The molecule has 3 N–H and O–H groups in total. The minimum Gasteiger partial charge on any atom is -0.357 e. The van der Waals surface area contributed by atoms with Crippen molar-refractivity contribution in [3.8, 4) is 0 Å². The van der Waals surface area contributed by atoms with Crippen LogP contribution in [0, 0.1) is 6.92 Å². The van der Waals surface area contributed by atoms with Crippen molar-refractivity contribution in [3.63, 3.8) is 0 Å². The molecule has 6 nitrogen and oxygen atoms in total. The molecule has 0 radical (unpaired) electrons. The molecule has 0 saturated carbocycles. The van der Waals surface area contributed by atoms with Crippen LogP contribution in [-0.4, -0.2) is 29.0 Å². The molecule has 0 atom stereocenters. The molecule has 2 aromatic heterocycles. The van der Waals surface area contributed by atoms with Crippen molar-refractivity contribution in [2.24, 2.45) is 0 Å². The molecular formula is C10H14N6S. The zero-order chi connectivity index (χ0) is 12.3. The van der Waals surface area contributed by atoms with Crippen LogP contribution in [0.2, 0.25) is 0 Å². The van der Waals surface area contributed by atoms with Crippen molar-refractivity contribution in [2.75, 3.05) is 30.0 Å². The van der Waals surface area contributed by atoms with Crippen LogP contribution in [0.3, 0.4) is 0 Å². The number of anilines is 4. The zero-order valence-electron chi connectivity index (χ0n) is 9.90. The van der Waals surface area contributed by atoms with Gasteiger partial charge in [-0.25, -0.2) is 0 Å². The zero-order valence-corrected chi connectivity index (χ0v) is 10.7. The average Bonchev–Trinajstić information content (AvgIpc) is 2.74. The van der Waals surface area contributed by atoms with Gasteiger partial charge in [0.1, 0.15) is 0 Å². The van der Waals surface area contributed by atoms with E-state index < -0.39 is 0 Å². The van der Waals surface area contributed by atoms with Crippen LogP contribution in [0.15, 0.2) is 12.1 Å².